The van der Waals surface area contributed by atoms with Crippen LogP contribution in [0.4, 0.5) is 0 Å². The van der Waals surface area contributed by atoms with Gasteiger partial charge in [0.05, 0.1) is 0 Å². The molecule has 5 heteroatoms. The van der Waals surface area contributed by atoms with E-state index in [0.29, 0.717) is 5.39 Å². The highest BCUT2D eigenvalue weighted by molar-refractivity contribution is 5.81. The Kier molecular flexibility index (Phi) is 1.75. The Balaban J connectivity index is 3.01. The van der Waals surface area contributed by atoms with E-state index in [4.69, 9.17) is 5.26 Å². The number of nitrogens with one attached hydrogen (secondary N) is 1. The molecule has 0 saturated carbocycles. The zero-order valence-electron chi connectivity index (χ0n) is 7.40. The average Bonchev–Trinajstić information content (AvgIpc) is 2.19. The van der Waals surface area contributed by atoms with Crippen LogP contribution in [-0.4, -0.2) is 15.2 Å². The van der Waals surface area contributed by atoms with Gasteiger partial charge in [-0.05, 0) is 19.1 Å². The maximum Gasteiger partial charge on any atom is 0.290 e. The van der Waals surface area contributed by atoms with Crippen LogP contribution in [0.2, 0.25) is 0 Å². The van der Waals surface area contributed by atoms with E-state index in [0.717, 1.165) is 5.69 Å². The van der Waals surface area contributed by atoms with Gasteiger partial charge in [-0.3, -0.25) is 4.79 Å². The normalized spacial score (nSPS) is 10.0. The fraction of sp³-hybridized carbons (Fsp3) is 0.111. The topological polar surface area (TPSA) is 82.4 Å². The molecule has 0 amide bonds. The van der Waals surface area contributed by atoms with E-state index in [1.807, 2.05) is 6.07 Å². The summed E-state index contributed by atoms with van der Waals surface area (Å²) in [7, 11) is 0. The van der Waals surface area contributed by atoms with Crippen LogP contribution in [0.15, 0.2) is 16.9 Å². The minimum atomic E-state index is -0.372. The molecular weight excluding hydrogens is 180 g/mol. The van der Waals surface area contributed by atoms with Gasteiger partial charge in [0.25, 0.3) is 5.56 Å². The van der Waals surface area contributed by atoms with E-state index < -0.39 is 0 Å². The molecular formula is C9H6N4O. The van der Waals surface area contributed by atoms with Crippen molar-refractivity contribution in [2.24, 2.45) is 0 Å². The fourth-order valence-corrected chi connectivity index (χ4v) is 1.23. The third-order valence-corrected chi connectivity index (χ3v) is 1.88. The van der Waals surface area contributed by atoms with E-state index in [-0.39, 0.29) is 16.8 Å². The second-order valence-corrected chi connectivity index (χ2v) is 2.86. The number of nitriles is 1. The van der Waals surface area contributed by atoms with Crippen LogP contribution in [0, 0.1) is 18.3 Å². The molecule has 2 aromatic heterocycles. The summed E-state index contributed by atoms with van der Waals surface area (Å²) in [5.74, 6) is 0. The van der Waals surface area contributed by atoms with Crippen LogP contribution in [0.1, 0.15) is 11.4 Å². The zero-order chi connectivity index (χ0) is 10.1. The quantitative estimate of drug-likeness (QED) is 0.649. The summed E-state index contributed by atoms with van der Waals surface area (Å²) in [6.45, 7) is 1.78. The molecule has 0 aromatic carbocycles. The van der Waals surface area contributed by atoms with E-state index in [1.165, 1.54) is 0 Å². The predicted molar refractivity (Wildman–Crippen MR) is 49.6 cm³/mol. The molecule has 0 aliphatic heterocycles. The molecule has 2 heterocycles. The van der Waals surface area contributed by atoms with Crippen molar-refractivity contribution in [1.29, 1.82) is 5.26 Å². The lowest BCUT2D eigenvalue weighted by Gasteiger charge is -1.97. The number of hydrogen-bond donors (Lipinski definition) is 1. The van der Waals surface area contributed by atoms with Gasteiger partial charge < -0.3 is 0 Å². The molecule has 0 unspecified atom stereocenters. The van der Waals surface area contributed by atoms with Gasteiger partial charge in [-0.15, -0.1) is 0 Å². The molecule has 0 fully saturated rings. The monoisotopic (exact) mass is 186 g/mol. The Morgan fingerprint density at radius 2 is 2.29 bits per heavy atom. The highest BCUT2D eigenvalue weighted by Gasteiger charge is 2.06. The molecule has 0 aliphatic rings. The Morgan fingerprint density at radius 3 is 3.00 bits per heavy atom. The molecule has 68 valence electrons. The van der Waals surface area contributed by atoms with Crippen LogP contribution in [0.25, 0.3) is 10.9 Å². The minimum Gasteiger partial charge on any atom is -0.266 e. The summed E-state index contributed by atoms with van der Waals surface area (Å²) in [6.07, 6.45) is 0. The minimum absolute atomic E-state index is 0.187. The van der Waals surface area contributed by atoms with E-state index in [2.05, 4.69) is 15.2 Å². The van der Waals surface area contributed by atoms with Gasteiger partial charge in [0.15, 0.2) is 5.69 Å². The van der Waals surface area contributed by atoms with Crippen LogP contribution in [0.3, 0.4) is 0 Å². The first kappa shape index (κ1) is 8.38. The SMILES string of the molecule is Cc1ccc2c(C#N)n[nH]c(=O)c2n1. The molecule has 0 aliphatic carbocycles. The lowest BCUT2D eigenvalue weighted by atomic mass is 10.2. The molecule has 0 saturated heterocycles. The van der Waals surface area contributed by atoms with Crippen LogP contribution in [0.5, 0.6) is 0 Å². The van der Waals surface area contributed by atoms with Gasteiger partial charge in [0, 0.05) is 11.1 Å². The summed E-state index contributed by atoms with van der Waals surface area (Å²) >= 11 is 0. The molecule has 0 radical (unpaired) electrons. The first-order valence-electron chi connectivity index (χ1n) is 3.98. The highest BCUT2D eigenvalue weighted by Crippen LogP contribution is 2.10. The second kappa shape index (κ2) is 2.92. The number of rotatable bonds is 0. The van der Waals surface area contributed by atoms with Crippen molar-refractivity contribution >= 4 is 10.9 Å². The second-order valence-electron chi connectivity index (χ2n) is 2.86. The van der Waals surface area contributed by atoms with Gasteiger partial charge in [-0.1, -0.05) is 0 Å². The molecule has 0 bridgehead atoms. The van der Waals surface area contributed by atoms with Gasteiger partial charge >= 0.3 is 0 Å². The molecule has 0 atom stereocenters. The number of H-pyrrole nitrogens is 1. The van der Waals surface area contributed by atoms with Crippen molar-refractivity contribution in [2.75, 3.05) is 0 Å². The number of pyridine rings is 1. The Bertz CT molecular complexity index is 594. The first-order valence-corrected chi connectivity index (χ1v) is 3.98. The van der Waals surface area contributed by atoms with Crippen LogP contribution < -0.4 is 5.56 Å². The summed E-state index contributed by atoms with van der Waals surface area (Å²) in [5.41, 5.74) is 0.810. The van der Waals surface area contributed by atoms with E-state index >= 15 is 0 Å². The third kappa shape index (κ3) is 1.13. The van der Waals surface area contributed by atoms with Gasteiger partial charge in [-0.25, -0.2) is 10.1 Å². The predicted octanol–water partition coefficient (Wildman–Crippen LogP) is 0.498. The van der Waals surface area contributed by atoms with Crippen molar-refractivity contribution in [3.63, 3.8) is 0 Å². The maximum atomic E-state index is 11.3. The number of hydrogen-bond acceptors (Lipinski definition) is 4. The number of aromatic amines is 1. The van der Waals surface area contributed by atoms with Gasteiger partial charge in [-0.2, -0.15) is 10.4 Å². The summed E-state index contributed by atoms with van der Waals surface area (Å²) in [6, 6.07) is 5.31. The smallest absolute Gasteiger partial charge is 0.266 e. The van der Waals surface area contributed by atoms with E-state index in [1.54, 1.807) is 19.1 Å². The molecule has 2 rings (SSSR count). The average molecular weight is 186 g/mol. The van der Waals surface area contributed by atoms with Crippen molar-refractivity contribution in [3.8, 4) is 6.07 Å². The van der Waals surface area contributed by atoms with Crippen LogP contribution in [-0.2, 0) is 0 Å². The number of aromatic nitrogens is 3. The van der Waals surface area contributed by atoms with Crippen molar-refractivity contribution in [2.45, 2.75) is 6.92 Å². The molecule has 0 spiro atoms. The Morgan fingerprint density at radius 1 is 1.50 bits per heavy atom. The van der Waals surface area contributed by atoms with Crippen LogP contribution >= 0.6 is 0 Å². The number of nitrogens with zero attached hydrogens (tertiary/aromatic N) is 3. The molecule has 14 heavy (non-hydrogen) atoms. The molecule has 5 nitrogen and oxygen atoms in total. The number of fused-ring (bicyclic) bond motifs is 1. The van der Waals surface area contributed by atoms with Gasteiger partial charge in [0.1, 0.15) is 11.6 Å². The Labute approximate surface area is 79.0 Å². The summed E-state index contributed by atoms with van der Waals surface area (Å²) < 4.78 is 0. The third-order valence-electron chi connectivity index (χ3n) is 1.88. The molecule has 2 aromatic rings. The highest BCUT2D eigenvalue weighted by atomic mass is 16.1. The van der Waals surface area contributed by atoms with Crippen molar-refractivity contribution in [1.82, 2.24) is 15.2 Å². The Hall–Kier alpha value is -2.22. The summed E-state index contributed by atoms with van der Waals surface area (Å²) in [5, 5.41) is 15.1. The number of aryl methyl sites for hydroxylation is 1. The lowest BCUT2D eigenvalue weighted by Crippen LogP contribution is -2.11. The zero-order valence-corrected chi connectivity index (χ0v) is 7.40. The fourth-order valence-electron chi connectivity index (χ4n) is 1.23. The van der Waals surface area contributed by atoms with Crippen molar-refractivity contribution < 1.29 is 0 Å². The summed E-state index contributed by atoms with van der Waals surface area (Å²) in [4.78, 5) is 15.4. The van der Waals surface area contributed by atoms with E-state index in [9.17, 15) is 4.79 Å². The van der Waals surface area contributed by atoms with Crippen molar-refractivity contribution in [3.05, 3.63) is 33.9 Å². The lowest BCUT2D eigenvalue weighted by molar-refractivity contribution is 0.983. The first-order chi connectivity index (χ1) is 6.72. The van der Waals surface area contributed by atoms with Gasteiger partial charge in [0.2, 0.25) is 0 Å². The standard InChI is InChI=1S/C9H6N4O/c1-5-2-3-6-7(4-10)12-13-9(14)8(6)11-5/h2-3H,1H3,(H,13,14). The molecule has 1 N–H and O–H groups in total. The maximum absolute atomic E-state index is 11.3. The largest absolute Gasteiger partial charge is 0.290 e.